The Morgan fingerprint density at radius 3 is 2.73 bits per heavy atom. The first kappa shape index (κ1) is 15.8. The fraction of sp³-hybridized carbons (Fsp3) is 0.0667. The molecule has 2 aromatic carbocycles. The number of halogens is 2. The summed E-state index contributed by atoms with van der Waals surface area (Å²) < 4.78 is 31.3. The van der Waals surface area contributed by atoms with Gasteiger partial charge in [-0.3, -0.25) is 5.43 Å². The third-order valence-corrected chi connectivity index (χ3v) is 2.88. The van der Waals surface area contributed by atoms with Gasteiger partial charge >= 0.3 is 0 Å². The van der Waals surface area contributed by atoms with Gasteiger partial charge in [-0.15, -0.1) is 0 Å². The van der Waals surface area contributed by atoms with Crippen LogP contribution in [0.25, 0.3) is 0 Å². The van der Waals surface area contributed by atoms with Gasteiger partial charge in [0, 0.05) is 11.6 Å². The molecule has 0 heterocycles. The van der Waals surface area contributed by atoms with Crippen molar-refractivity contribution in [1.82, 2.24) is 5.43 Å². The summed E-state index contributed by atoms with van der Waals surface area (Å²) >= 11 is 5.07. The van der Waals surface area contributed by atoms with Gasteiger partial charge in [0.05, 0.1) is 19.0 Å². The van der Waals surface area contributed by atoms with Crippen molar-refractivity contribution >= 4 is 29.2 Å². The molecule has 2 N–H and O–H groups in total. The number of hydrazone groups is 1. The van der Waals surface area contributed by atoms with Crippen LogP contribution in [0, 0.1) is 11.6 Å². The number of methoxy groups -OCH3 is 1. The Kier molecular flexibility index (Phi) is 5.37. The molecule has 22 heavy (non-hydrogen) atoms. The molecule has 0 radical (unpaired) electrons. The molecule has 0 aliphatic heterocycles. The zero-order chi connectivity index (χ0) is 15.9. The minimum Gasteiger partial charge on any atom is -0.495 e. The summed E-state index contributed by atoms with van der Waals surface area (Å²) in [5, 5.41) is 6.91. The van der Waals surface area contributed by atoms with E-state index in [1.165, 1.54) is 12.3 Å². The van der Waals surface area contributed by atoms with Gasteiger partial charge in [-0.25, -0.2) is 8.78 Å². The van der Waals surface area contributed by atoms with Crippen LogP contribution in [0.15, 0.2) is 47.6 Å². The predicted octanol–water partition coefficient (Wildman–Crippen LogP) is 3.29. The second kappa shape index (κ2) is 7.46. The molecule has 0 aromatic heterocycles. The number of hydrogen-bond donors (Lipinski definition) is 2. The molecule has 4 nitrogen and oxygen atoms in total. The van der Waals surface area contributed by atoms with Gasteiger partial charge in [-0.05, 0) is 36.5 Å². The van der Waals surface area contributed by atoms with Gasteiger partial charge in [0.2, 0.25) is 0 Å². The molecule has 0 atom stereocenters. The van der Waals surface area contributed by atoms with Crippen LogP contribution >= 0.6 is 12.2 Å². The topological polar surface area (TPSA) is 45.6 Å². The molecule has 7 heteroatoms. The van der Waals surface area contributed by atoms with Gasteiger partial charge in [0.1, 0.15) is 17.4 Å². The zero-order valence-electron chi connectivity index (χ0n) is 11.6. The van der Waals surface area contributed by atoms with Crippen LogP contribution in [0.5, 0.6) is 5.75 Å². The maximum atomic E-state index is 13.4. The van der Waals surface area contributed by atoms with E-state index in [-0.39, 0.29) is 10.7 Å². The SMILES string of the molecule is COc1ccccc1NC(=S)N/N=C/c1ccc(F)cc1F. The normalized spacial score (nSPS) is 10.5. The van der Waals surface area contributed by atoms with Crippen molar-refractivity contribution in [2.24, 2.45) is 5.10 Å². The minimum absolute atomic E-state index is 0.147. The summed E-state index contributed by atoms with van der Waals surface area (Å²) in [6.45, 7) is 0. The number of anilines is 1. The molecule has 0 aliphatic rings. The van der Waals surface area contributed by atoms with Crippen LogP contribution < -0.4 is 15.5 Å². The van der Waals surface area contributed by atoms with Crippen LogP contribution in [0.4, 0.5) is 14.5 Å². The second-order valence-corrected chi connectivity index (χ2v) is 4.60. The van der Waals surface area contributed by atoms with E-state index in [0.717, 1.165) is 12.1 Å². The molecule has 0 aliphatic carbocycles. The lowest BCUT2D eigenvalue weighted by Crippen LogP contribution is -2.24. The van der Waals surface area contributed by atoms with Crippen molar-refractivity contribution in [2.45, 2.75) is 0 Å². The third-order valence-electron chi connectivity index (χ3n) is 2.69. The largest absolute Gasteiger partial charge is 0.495 e. The first-order chi connectivity index (χ1) is 10.6. The van der Waals surface area contributed by atoms with Gasteiger partial charge in [-0.1, -0.05) is 12.1 Å². The van der Waals surface area contributed by atoms with Crippen LogP contribution in [0.2, 0.25) is 0 Å². The van der Waals surface area contributed by atoms with Gasteiger partial charge in [0.25, 0.3) is 0 Å². The number of benzene rings is 2. The Balaban J connectivity index is 1.96. The van der Waals surface area contributed by atoms with E-state index < -0.39 is 11.6 Å². The third kappa shape index (κ3) is 4.23. The standard InChI is InChI=1S/C15H13F2N3OS/c1-21-14-5-3-2-4-13(14)19-15(22)20-18-9-10-6-7-11(16)8-12(10)17/h2-9H,1H3,(H2,19,20,22)/b18-9+. The Labute approximate surface area is 131 Å². The summed E-state index contributed by atoms with van der Waals surface area (Å²) in [6, 6.07) is 10.4. The van der Waals surface area contributed by atoms with Gasteiger partial charge in [-0.2, -0.15) is 5.10 Å². The molecule has 0 saturated carbocycles. The smallest absolute Gasteiger partial charge is 0.191 e. The molecule has 0 amide bonds. The van der Waals surface area contributed by atoms with E-state index in [2.05, 4.69) is 15.8 Å². The zero-order valence-corrected chi connectivity index (χ0v) is 12.5. The Hall–Kier alpha value is -2.54. The lowest BCUT2D eigenvalue weighted by Gasteiger charge is -2.10. The van der Waals surface area contributed by atoms with Crippen molar-refractivity contribution in [3.8, 4) is 5.75 Å². The maximum absolute atomic E-state index is 13.4. The quantitative estimate of drug-likeness (QED) is 0.515. The molecule has 2 rings (SSSR count). The molecule has 114 valence electrons. The Bertz CT molecular complexity index is 707. The highest BCUT2D eigenvalue weighted by molar-refractivity contribution is 7.80. The van der Waals surface area contributed by atoms with Crippen LogP contribution in [-0.2, 0) is 0 Å². The lowest BCUT2D eigenvalue weighted by molar-refractivity contribution is 0.417. The Morgan fingerprint density at radius 2 is 2.00 bits per heavy atom. The highest BCUT2D eigenvalue weighted by atomic mass is 32.1. The number of hydrogen-bond acceptors (Lipinski definition) is 3. The van der Waals surface area contributed by atoms with E-state index in [0.29, 0.717) is 11.4 Å². The molecule has 0 unspecified atom stereocenters. The van der Waals surface area contributed by atoms with E-state index in [1.807, 2.05) is 12.1 Å². The summed E-state index contributed by atoms with van der Waals surface area (Å²) in [5.74, 6) is -0.717. The van der Waals surface area contributed by atoms with Crippen molar-refractivity contribution in [3.63, 3.8) is 0 Å². The number of ether oxygens (including phenoxy) is 1. The maximum Gasteiger partial charge on any atom is 0.191 e. The number of rotatable bonds is 4. The van der Waals surface area contributed by atoms with Gasteiger partial charge < -0.3 is 10.1 Å². The molecular formula is C15H13F2N3OS. The van der Waals surface area contributed by atoms with E-state index in [9.17, 15) is 8.78 Å². The van der Waals surface area contributed by atoms with Crippen molar-refractivity contribution in [1.29, 1.82) is 0 Å². The minimum atomic E-state index is -0.700. The molecule has 0 spiro atoms. The summed E-state index contributed by atoms with van der Waals surface area (Å²) in [6.07, 6.45) is 1.21. The number of para-hydroxylation sites is 2. The summed E-state index contributed by atoms with van der Waals surface area (Å²) in [4.78, 5) is 0. The van der Waals surface area contributed by atoms with Crippen molar-refractivity contribution in [3.05, 3.63) is 59.7 Å². The molecule has 0 saturated heterocycles. The van der Waals surface area contributed by atoms with Crippen LogP contribution in [0.1, 0.15) is 5.56 Å². The fourth-order valence-electron chi connectivity index (χ4n) is 1.66. The molecular weight excluding hydrogens is 308 g/mol. The fourth-order valence-corrected chi connectivity index (χ4v) is 1.83. The van der Waals surface area contributed by atoms with E-state index in [4.69, 9.17) is 17.0 Å². The summed E-state index contributed by atoms with van der Waals surface area (Å²) in [7, 11) is 1.55. The average molecular weight is 321 g/mol. The average Bonchev–Trinajstić information content (AvgIpc) is 2.50. The van der Waals surface area contributed by atoms with Crippen LogP contribution in [0.3, 0.4) is 0 Å². The number of nitrogens with one attached hydrogen (secondary N) is 2. The molecule has 2 aromatic rings. The van der Waals surface area contributed by atoms with Crippen molar-refractivity contribution < 1.29 is 13.5 Å². The summed E-state index contributed by atoms with van der Waals surface area (Å²) in [5.41, 5.74) is 3.37. The van der Waals surface area contributed by atoms with Crippen LogP contribution in [-0.4, -0.2) is 18.4 Å². The highest BCUT2D eigenvalue weighted by Gasteiger charge is 2.03. The monoisotopic (exact) mass is 321 g/mol. The predicted molar refractivity (Wildman–Crippen MR) is 86.3 cm³/mol. The second-order valence-electron chi connectivity index (χ2n) is 4.19. The Morgan fingerprint density at radius 1 is 1.23 bits per heavy atom. The van der Waals surface area contributed by atoms with Crippen molar-refractivity contribution in [2.75, 3.05) is 12.4 Å². The van der Waals surface area contributed by atoms with Gasteiger partial charge in [0.15, 0.2) is 5.11 Å². The first-order valence-electron chi connectivity index (χ1n) is 6.28. The molecule has 0 fully saturated rings. The van der Waals surface area contributed by atoms with E-state index >= 15 is 0 Å². The highest BCUT2D eigenvalue weighted by Crippen LogP contribution is 2.22. The molecule has 0 bridgehead atoms. The lowest BCUT2D eigenvalue weighted by atomic mass is 10.2. The number of thiocarbonyl (C=S) groups is 1. The first-order valence-corrected chi connectivity index (χ1v) is 6.69. The number of nitrogens with zero attached hydrogens (tertiary/aromatic N) is 1. The van der Waals surface area contributed by atoms with E-state index in [1.54, 1.807) is 19.2 Å².